The van der Waals surface area contributed by atoms with Crippen LogP contribution in [0.15, 0.2) is 41.3 Å². The van der Waals surface area contributed by atoms with Crippen LogP contribution in [0, 0.1) is 12.8 Å². The van der Waals surface area contributed by atoms with Gasteiger partial charge in [-0.25, -0.2) is 8.42 Å². The van der Waals surface area contributed by atoms with E-state index in [4.69, 9.17) is 4.74 Å². The molecule has 0 spiro atoms. The molecule has 6 nitrogen and oxygen atoms in total. The van der Waals surface area contributed by atoms with Crippen molar-refractivity contribution >= 4 is 21.6 Å². The summed E-state index contributed by atoms with van der Waals surface area (Å²) < 4.78 is 111. The molecular formula is C23H24F6N2O4S. The number of aryl methyl sites for hydroxylation is 1. The van der Waals surface area contributed by atoms with Crippen molar-refractivity contribution < 1.29 is 44.3 Å². The van der Waals surface area contributed by atoms with Crippen molar-refractivity contribution in [2.45, 2.75) is 43.9 Å². The molecule has 3 rings (SSSR count). The molecule has 1 N–H and O–H groups in total. The third kappa shape index (κ3) is 6.30. The van der Waals surface area contributed by atoms with Gasteiger partial charge in [-0.2, -0.15) is 30.6 Å². The number of alkyl halides is 6. The summed E-state index contributed by atoms with van der Waals surface area (Å²) in [5.41, 5.74) is -3.21. The summed E-state index contributed by atoms with van der Waals surface area (Å²) in [6.45, 7) is 3.70. The molecule has 2 aromatic rings. The van der Waals surface area contributed by atoms with Crippen LogP contribution in [0.4, 0.5) is 32.0 Å². The lowest BCUT2D eigenvalue weighted by molar-refractivity contribution is -0.143. The second-order valence-corrected chi connectivity index (χ2v) is 10.3. The summed E-state index contributed by atoms with van der Waals surface area (Å²) in [6.07, 6.45) is -9.63. The number of hydrogen-bond donors (Lipinski definition) is 1. The zero-order valence-electron chi connectivity index (χ0n) is 19.3. The zero-order valence-corrected chi connectivity index (χ0v) is 20.1. The first-order valence-electron chi connectivity index (χ1n) is 11.0. The Morgan fingerprint density at radius 1 is 1.06 bits per heavy atom. The van der Waals surface area contributed by atoms with Crippen LogP contribution < -0.4 is 10.1 Å². The third-order valence-electron chi connectivity index (χ3n) is 5.69. The lowest BCUT2D eigenvalue weighted by Crippen LogP contribution is -2.43. The fraction of sp³-hybridized carbons (Fsp3) is 0.435. The molecule has 0 bridgehead atoms. The number of nitrogens with zero attached hydrogens (tertiary/aromatic N) is 1. The van der Waals surface area contributed by atoms with Gasteiger partial charge in [-0.1, -0.05) is 0 Å². The van der Waals surface area contributed by atoms with Crippen LogP contribution in [0.1, 0.15) is 36.5 Å². The van der Waals surface area contributed by atoms with E-state index in [1.165, 1.54) is 18.2 Å². The van der Waals surface area contributed by atoms with Crippen molar-refractivity contribution in [2.75, 3.05) is 25.0 Å². The predicted octanol–water partition coefficient (Wildman–Crippen LogP) is 5.47. The number of hydrogen-bond acceptors (Lipinski definition) is 4. The van der Waals surface area contributed by atoms with Crippen LogP contribution in [0.5, 0.6) is 5.75 Å². The van der Waals surface area contributed by atoms with E-state index in [0.717, 1.165) is 4.31 Å². The van der Waals surface area contributed by atoms with Crippen LogP contribution in [0.3, 0.4) is 0 Å². The largest absolute Gasteiger partial charge is 0.494 e. The Balaban J connectivity index is 1.81. The highest BCUT2D eigenvalue weighted by atomic mass is 32.2. The average Bonchev–Trinajstić information content (AvgIpc) is 2.79. The summed E-state index contributed by atoms with van der Waals surface area (Å²) in [5.74, 6) is -1.32. The molecule has 2 aromatic carbocycles. The molecule has 1 heterocycles. The molecule has 1 saturated heterocycles. The molecule has 0 radical (unpaired) electrons. The summed E-state index contributed by atoms with van der Waals surface area (Å²) in [6, 6.07) is 5.11. The fourth-order valence-corrected chi connectivity index (χ4v) is 5.50. The maximum atomic E-state index is 13.1. The second-order valence-electron chi connectivity index (χ2n) is 8.35. The van der Waals surface area contributed by atoms with E-state index in [0.29, 0.717) is 30.1 Å². The van der Waals surface area contributed by atoms with Crippen LogP contribution in [-0.2, 0) is 27.2 Å². The minimum Gasteiger partial charge on any atom is -0.494 e. The number of ether oxygens (including phenoxy) is 1. The molecule has 13 heteroatoms. The van der Waals surface area contributed by atoms with Gasteiger partial charge in [0.05, 0.1) is 28.5 Å². The fourth-order valence-electron chi connectivity index (χ4n) is 3.90. The summed E-state index contributed by atoms with van der Waals surface area (Å²) >= 11 is 0. The van der Waals surface area contributed by atoms with Gasteiger partial charge in [-0.05, 0) is 68.7 Å². The average molecular weight is 539 g/mol. The van der Waals surface area contributed by atoms with E-state index < -0.39 is 51.0 Å². The molecule has 1 fully saturated rings. The Morgan fingerprint density at radius 3 is 2.19 bits per heavy atom. The molecule has 0 aromatic heterocycles. The van der Waals surface area contributed by atoms with E-state index >= 15 is 0 Å². The van der Waals surface area contributed by atoms with Gasteiger partial charge < -0.3 is 10.1 Å². The Hall–Kier alpha value is -2.80. The Kier molecular flexibility index (Phi) is 7.94. The van der Waals surface area contributed by atoms with E-state index in [9.17, 15) is 39.6 Å². The van der Waals surface area contributed by atoms with Gasteiger partial charge in [0, 0.05) is 18.8 Å². The van der Waals surface area contributed by atoms with Gasteiger partial charge in [-0.3, -0.25) is 4.79 Å². The maximum Gasteiger partial charge on any atom is 0.416 e. The highest BCUT2D eigenvalue weighted by Crippen LogP contribution is 2.38. The molecule has 36 heavy (non-hydrogen) atoms. The van der Waals surface area contributed by atoms with Crippen LogP contribution in [0.2, 0.25) is 0 Å². The maximum absolute atomic E-state index is 13.1. The van der Waals surface area contributed by atoms with E-state index in [2.05, 4.69) is 5.32 Å². The number of rotatable bonds is 6. The highest BCUT2D eigenvalue weighted by Gasteiger charge is 2.38. The third-order valence-corrected chi connectivity index (χ3v) is 7.56. The van der Waals surface area contributed by atoms with Gasteiger partial charge in [-0.15, -0.1) is 0 Å². The molecule has 1 aliphatic heterocycles. The lowest BCUT2D eigenvalue weighted by atomic mass is 9.98. The number of piperidine rings is 1. The number of benzene rings is 2. The number of carbonyl (C=O) groups is 1. The van der Waals surface area contributed by atoms with Crippen molar-refractivity contribution in [1.82, 2.24) is 4.31 Å². The quantitative estimate of drug-likeness (QED) is 0.495. The molecule has 198 valence electrons. The Labute approximate surface area is 204 Å². The number of sulfonamides is 1. The summed E-state index contributed by atoms with van der Waals surface area (Å²) in [5, 5.41) is 2.10. The standard InChI is InChI=1S/C23H24F6N2O4S/c1-3-35-20-7-6-19(9-14(20)2)36(33,34)31-8-4-5-15(13-31)21(32)30-18-11-16(22(24,25)26)10-17(12-18)23(27,28)29/h6-7,9-12,15H,3-5,8,13H2,1-2H3,(H,30,32)/t15-/m0/s1. The van der Waals surface area contributed by atoms with Crippen molar-refractivity contribution in [3.05, 3.63) is 53.1 Å². The van der Waals surface area contributed by atoms with Gasteiger partial charge in [0.15, 0.2) is 0 Å². The molecule has 0 aliphatic carbocycles. The first-order chi connectivity index (χ1) is 16.6. The highest BCUT2D eigenvalue weighted by molar-refractivity contribution is 7.89. The van der Waals surface area contributed by atoms with Crippen LogP contribution in [-0.4, -0.2) is 38.3 Å². The molecule has 1 atom stereocenters. The lowest BCUT2D eigenvalue weighted by Gasteiger charge is -2.31. The first kappa shape index (κ1) is 27.8. The molecular weight excluding hydrogens is 514 g/mol. The van der Waals surface area contributed by atoms with Gasteiger partial charge in [0.25, 0.3) is 0 Å². The molecule has 1 aliphatic rings. The van der Waals surface area contributed by atoms with E-state index in [1.54, 1.807) is 13.8 Å². The van der Waals surface area contributed by atoms with Gasteiger partial charge in [0.2, 0.25) is 15.9 Å². The van der Waals surface area contributed by atoms with Crippen LogP contribution in [0.25, 0.3) is 0 Å². The smallest absolute Gasteiger partial charge is 0.416 e. The summed E-state index contributed by atoms with van der Waals surface area (Å²) in [7, 11) is -4.01. The van der Waals surface area contributed by atoms with Crippen molar-refractivity contribution in [3.63, 3.8) is 0 Å². The topological polar surface area (TPSA) is 75.7 Å². The summed E-state index contributed by atoms with van der Waals surface area (Å²) in [4.78, 5) is 12.7. The van der Waals surface area contributed by atoms with Gasteiger partial charge >= 0.3 is 12.4 Å². The Bertz CT molecular complexity index is 1200. The number of nitrogens with one attached hydrogen (secondary N) is 1. The Morgan fingerprint density at radius 2 is 1.67 bits per heavy atom. The number of anilines is 1. The van der Waals surface area contributed by atoms with Crippen molar-refractivity contribution in [1.29, 1.82) is 0 Å². The molecule has 0 unspecified atom stereocenters. The van der Waals surface area contributed by atoms with Gasteiger partial charge in [0.1, 0.15) is 5.75 Å². The number of carbonyl (C=O) groups excluding carboxylic acids is 1. The monoisotopic (exact) mass is 538 g/mol. The van der Waals surface area contributed by atoms with Crippen molar-refractivity contribution in [3.8, 4) is 5.75 Å². The molecule has 1 amide bonds. The normalized spacial score (nSPS) is 17.6. The minimum atomic E-state index is -5.06. The van der Waals surface area contributed by atoms with Crippen molar-refractivity contribution in [2.24, 2.45) is 5.92 Å². The molecule has 0 saturated carbocycles. The SMILES string of the molecule is CCOc1ccc(S(=O)(=O)N2CCC[C@H](C(=O)Nc3cc(C(F)(F)F)cc(C(F)(F)F)c3)C2)cc1C. The zero-order chi connectivity index (χ0) is 26.9. The number of halogens is 6. The predicted molar refractivity (Wildman–Crippen MR) is 119 cm³/mol. The minimum absolute atomic E-state index is 0.0165. The first-order valence-corrected chi connectivity index (χ1v) is 12.4. The second kappa shape index (κ2) is 10.3. The van der Waals surface area contributed by atoms with E-state index in [-0.39, 0.29) is 36.9 Å². The van der Waals surface area contributed by atoms with Crippen LogP contribution >= 0.6 is 0 Å². The number of amides is 1. The van der Waals surface area contributed by atoms with E-state index in [1.807, 2.05) is 0 Å².